The molecule has 3 atom stereocenters. The quantitative estimate of drug-likeness (QED) is 0.468. The molecule has 2 fully saturated rings. The lowest BCUT2D eigenvalue weighted by molar-refractivity contribution is -0.248. The fraction of sp³-hybridized carbons (Fsp3) is 0.696. The molecule has 2 heterocycles. The fourth-order valence-corrected chi connectivity index (χ4v) is 4.56. The molecule has 31 heavy (non-hydrogen) atoms. The lowest BCUT2D eigenvalue weighted by atomic mass is 9.78. The van der Waals surface area contributed by atoms with Gasteiger partial charge in [0.15, 0.2) is 5.79 Å². The fourth-order valence-electron chi connectivity index (χ4n) is 4.56. The first-order chi connectivity index (χ1) is 14.7. The number of aromatic nitrogens is 1. The van der Waals surface area contributed by atoms with Gasteiger partial charge in [-0.2, -0.15) is 0 Å². The highest BCUT2D eigenvalue weighted by molar-refractivity contribution is 6.01. The van der Waals surface area contributed by atoms with Gasteiger partial charge in [-0.25, -0.2) is 9.78 Å². The predicted molar refractivity (Wildman–Crippen MR) is 120 cm³/mol. The van der Waals surface area contributed by atoms with Crippen LogP contribution in [0.5, 0.6) is 0 Å². The van der Waals surface area contributed by atoms with Crippen molar-refractivity contribution in [2.45, 2.75) is 77.5 Å². The minimum absolute atomic E-state index is 0.258. The molecule has 8 nitrogen and oxygen atoms in total. The number of amides is 3. The van der Waals surface area contributed by atoms with Crippen molar-refractivity contribution >= 4 is 17.8 Å². The Morgan fingerprint density at radius 3 is 2.55 bits per heavy atom. The van der Waals surface area contributed by atoms with Crippen LogP contribution in [0.25, 0.3) is 0 Å². The van der Waals surface area contributed by atoms with Crippen LogP contribution in [0.3, 0.4) is 0 Å². The molecule has 8 heteroatoms. The van der Waals surface area contributed by atoms with E-state index in [-0.39, 0.29) is 12.5 Å². The second-order valence-corrected chi connectivity index (χ2v) is 8.51. The number of rotatable bonds is 6. The van der Waals surface area contributed by atoms with E-state index in [0.29, 0.717) is 12.2 Å². The van der Waals surface area contributed by atoms with Crippen molar-refractivity contribution in [3.63, 3.8) is 0 Å². The van der Waals surface area contributed by atoms with Gasteiger partial charge < -0.3 is 20.9 Å². The normalized spacial score (nSPS) is 23.3. The van der Waals surface area contributed by atoms with E-state index >= 15 is 0 Å². The number of hydrogen-bond acceptors (Lipinski definition) is 6. The highest BCUT2D eigenvalue weighted by atomic mass is 16.6. The van der Waals surface area contributed by atoms with Crippen molar-refractivity contribution in [2.75, 3.05) is 19.4 Å². The molecule has 1 saturated carbocycles. The van der Waals surface area contributed by atoms with Gasteiger partial charge in [0.25, 0.3) is 0 Å². The van der Waals surface area contributed by atoms with Crippen molar-refractivity contribution in [2.24, 2.45) is 11.8 Å². The van der Waals surface area contributed by atoms with Crippen LogP contribution in [0.2, 0.25) is 0 Å². The molecular weight excluding hydrogens is 396 g/mol. The van der Waals surface area contributed by atoms with Crippen LogP contribution in [-0.2, 0) is 16.0 Å². The first-order valence-electron chi connectivity index (χ1n) is 11.4. The summed E-state index contributed by atoms with van der Waals surface area (Å²) < 4.78 is 5.34. The van der Waals surface area contributed by atoms with Crippen LogP contribution in [0.4, 0.5) is 10.6 Å². The molecule has 3 rings (SSSR count). The number of ether oxygens (including phenoxy) is 1. The Labute approximate surface area is 185 Å². The van der Waals surface area contributed by atoms with E-state index in [1.807, 2.05) is 0 Å². The smallest absolute Gasteiger partial charge is 0.324 e. The zero-order chi connectivity index (χ0) is 23.0. The Balaban J connectivity index is 0.000000357. The number of anilines is 1. The van der Waals surface area contributed by atoms with E-state index in [1.54, 1.807) is 25.3 Å². The highest BCUT2D eigenvalue weighted by Gasteiger charge is 2.58. The van der Waals surface area contributed by atoms with Crippen LogP contribution in [0.1, 0.15) is 64.9 Å². The number of likely N-dealkylation sites (tertiary alicyclic amines) is 1. The largest absolute Gasteiger partial charge is 0.384 e. The summed E-state index contributed by atoms with van der Waals surface area (Å²) in [5.74, 6) is -1.12. The maximum absolute atomic E-state index is 12.4. The van der Waals surface area contributed by atoms with Gasteiger partial charge in [0, 0.05) is 19.9 Å². The average Bonchev–Trinajstić information content (AvgIpc) is 2.76. The number of aliphatic hydroxyl groups is 1. The van der Waals surface area contributed by atoms with Crippen molar-refractivity contribution in [1.82, 2.24) is 15.2 Å². The van der Waals surface area contributed by atoms with Crippen molar-refractivity contribution < 1.29 is 19.4 Å². The third kappa shape index (κ3) is 6.40. The Kier molecular flexibility index (Phi) is 9.25. The van der Waals surface area contributed by atoms with Gasteiger partial charge in [-0.1, -0.05) is 45.4 Å². The number of β-lactam (4-membered cyclic amide) rings is 1. The van der Waals surface area contributed by atoms with E-state index in [2.05, 4.69) is 17.2 Å². The molecule has 174 valence electrons. The molecular formula is C23H38N4O4. The van der Waals surface area contributed by atoms with Crippen molar-refractivity contribution in [3.05, 3.63) is 23.9 Å². The molecule has 3 amide bonds. The molecule has 0 aromatic carbocycles. The first kappa shape index (κ1) is 25.1. The van der Waals surface area contributed by atoms with E-state index < -0.39 is 23.8 Å². The summed E-state index contributed by atoms with van der Waals surface area (Å²) in [4.78, 5) is 29.2. The molecule has 2 unspecified atom stereocenters. The van der Waals surface area contributed by atoms with Crippen molar-refractivity contribution in [1.29, 1.82) is 0 Å². The number of nitrogen functional groups attached to an aromatic ring is 1. The Bertz CT molecular complexity index is 734. The molecule has 1 aliphatic heterocycles. The van der Waals surface area contributed by atoms with E-state index in [0.717, 1.165) is 16.4 Å². The number of nitrogens with zero attached hydrogens (tertiary/aromatic N) is 2. The minimum atomic E-state index is -1.63. The zero-order valence-corrected chi connectivity index (χ0v) is 19.3. The predicted octanol–water partition coefficient (Wildman–Crippen LogP) is 3.09. The maximum atomic E-state index is 12.4. The summed E-state index contributed by atoms with van der Waals surface area (Å²) >= 11 is 0. The molecule has 0 radical (unpaired) electrons. The van der Waals surface area contributed by atoms with Crippen LogP contribution in [-0.4, -0.2) is 52.4 Å². The highest BCUT2D eigenvalue weighted by Crippen LogP contribution is 2.37. The summed E-state index contributed by atoms with van der Waals surface area (Å²) in [6, 6.07) is 2.08. The lowest BCUT2D eigenvalue weighted by Crippen LogP contribution is -2.73. The number of carbonyl (C=O) groups is 2. The van der Waals surface area contributed by atoms with E-state index in [9.17, 15) is 14.7 Å². The standard InChI is InChI=1S/C15H22N4O4.C8H16/c1-4-23-15(2,22)12-10(13(20)19(12)14(21)17-3)7-9-5-6-18-11(16)8-9;1-2-8-6-4-3-5-7-8/h5-6,8,10,12,22H,4,7H2,1-3H3,(H2,16,18)(H,17,21);8H,2-7H2,1H3/t10-,12?,15?;/m1./s1. The number of imide groups is 1. The van der Waals surface area contributed by atoms with Gasteiger partial charge >= 0.3 is 6.03 Å². The molecule has 1 aliphatic carbocycles. The second kappa shape index (κ2) is 11.4. The third-order valence-corrected chi connectivity index (χ3v) is 6.24. The summed E-state index contributed by atoms with van der Waals surface area (Å²) in [7, 11) is 1.43. The lowest BCUT2D eigenvalue weighted by Gasteiger charge is -2.51. The topological polar surface area (TPSA) is 118 Å². The first-order valence-corrected chi connectivity index (χ1v) is 11.4. The number of urea groups is 1. The zero-order valence-electron chi connectivity index (χ0n) is 19.3. The van der Waals surface area contributed by atoms with Gasteiger partial charge in [-0.05, 0) is 43.9 Å². The minimum Gasteiger partial charge on any atom is -0.384 e. The Morgan fingerprint density at radius 2 is 2.03 bits per heavy atom. The van der Waals surface area contributed by atoms with Gasteiger partial charge in [0.1, 0.15) is 11.9 Å². The van der Waals surface area contributed by atoms with Crippen LogP contribution < -0.4 is 11.1 Å². The summed E-state index contributed by atoms with van der Waals surface area (Å²) in [6.07, 6.45) is 10.8. The summed E-state index contributed by atoms with van der Waals surface area (Å²) in [6.45, 7) is 5.76. The SMILES string of the molecule is CCC1CCCCC1.CCOC(C)(O)C1[C@@H](Cc2ccnc(N)c2)C(=O)N1C(=O)NC. The molecule has 1 aromatic rings. The number of carbonyl (C=O) groups excluding carboxylic acids is 2. The van der Waals surface area contributed by atoms with Crippen LogP contribution >= 0.6 is 0 Å². The Hall–Kier alpha value is -2.19. The second-order valence-electron chi connectivity index (χ2n) is 8.51. The maximum Gasteiger partial charge on any atom is 0.324 e. The number of nitrogens with two attached hydrogens (primary N) is 1. The van der Waals surface area contributed by atoms with Gasteiger partial charge in [0.2, 0.25) is 5.91 Å². The molecule has 4 N–H and O–H groups in total. The Morgan fingerprint density at radius 1 is 1.35 bits per heavy atom. The molecule has 1 saturated heterocycles. The van der Waals surface area contributed by atoms with Gasteiger partial charge in [-0.15, -0.1) is 0 Å². The third-order valence-electron chi connectivity index (χ3n) is 6.24. The monoisotopic (exact) mass is 434 g/mol. The van der Waals surface area contributed by atoms with E-state index in [4.69, 9.17) is 10.5 Å². The van der Waals surface area contributed by atoms with Crippen LogP contribution in [0.15, 0.2) is 18.3 Å². The molecule has 2 aliphatic rings. The van der Waals surface area contributed by atoms with Crippen molar-refractivity contribution in [3.8, 4) is 0 Å². The molecule has 1 aromatic heterocycles. The van der Waals surface area contributed by atoms with Gasteiger partial charge in [0.05, 0.1) is 5.92 Å². The number of nitrogens with one attached hydrogen (secondary N) is 1. The summed E-state index contributed by atoms with van der Waals surface area (Å²) in [5, 5.41) is 12.9. The summed E-state index contributed by atoms with van der Waals surface area (Å²) in [5.41, 5.74) is 6.46. The number of pyridine rings is 1. The molecule has 0 bridgehead atoms. The average molecular weight is 435 g/mol. The molecule has 0 spiro atoms. The van der Waals surface area contributed by atoms with Crippen LogP contribution in [0, 0.1) is 11.8 Å². The number of hydrogen-bond donors (Lipinski definition) is 3. The van der Waals surface area contributed by atoms with Gasteiger partial charge in [-0.3, -0.25) is 9.69 Å². The van der Waals surface area contributed by atoms with E-state index in [1.165, 1.54) is 52.5 Å².